The van der Waals surface area contributed by atoms with Gasteiger partial charge in [0.2, 0.25) is 5.91 Å². The van der Waals surface area contributed by atoms with Crippen molar-refractivity contribution in [2.45, 2.75) is 31.8 Å². The van der Waals surface area contributed by atoms with E-state index in [1.165, 1.54) is 7.05 Å². The summed E-state index contributed by atoms with van der Waals surface area (Å²) in [6.45, 7) is 2.29. The van der Waals surface area contributed by atoms with Crippen LogP contribution >= 0.6 is 0 Å². The maximum Gasteiger partial charge on any atom is 0.280 e. The van der Waals surface area contributed by atoms with Gasteiger partial charge in [0.1, 0.15) is 6.04 Å². The van der Waals surface area contributed by atoms with Crippen molar-refractivity contribution in [3.63, 3.8) is 0 Å². The van der Waals surface area contributed by atoms with Crippen LogP contribution < -0.4 is 10.0 Å². The highest BCUT2D eigenvalue weighted by molar-refractivity contribution is 7.87. The van der Waals surface area contributed by atoms with Crippen LogP contribution in [0.4, 0.5) is 0 Å². The first-order chi connectivity index (χ1) is 12.8. The maximum absolute atomic E-state index is 12.7. The number of hydrogen-bond donors (Lipinski definition) is 2. The second-order valence-electron chi connectivity index (χ2n) is 6.81. The first kappa shape index (κ1) is 19.5. The van der Waals surface area contributed by atoms with E-state index in [-0.39, 0.29) is 5.91 Å². The number of nitrogens with zero attached hydrogens (tertiary/aromatic N) is 3. The van der Waals surface area contributed by atoms with Crippen LogP contribution in [0.2, 0.25) is 0 Å². The predicted molar refractivity (Wildman–Crippen MR) is 102 cm³/mol. The summed E-state index contributed by atoms with van der Waals surface area (Å²) in [5, 5.41) is 7.14. The number of likely N-dealkylation sites (N-methyl/N-ethyl adjacent to an activating group) is 1. The van der Waals surface area contributed by atoms with Crippen molar-refractivity contribution in [2.75, 3.05) is 13.6 Å². The lowest BCUT2D eigenvalue weighted by Crippen LogP contribution is -2.57. The van der Waals surface area contributed by atoms with Gasteiger partial charge in [-0.2, -0.15) is 22.5 Å². The van der Waals surface area contributed by atoms with Crippen molar-refractivity contribution >= 4 is 16.1 Å². The quantitative estimate of drug-likeness (QED) is 0.783. The average molecular weight is 391 g/mol. The molecular formula is C18H25N5O3S. The summed E-state index contributed by atoms with van der Waals surface area (Å²) in [5.74, 6) is -0.287. The standard InChI is InChI=1S/C18H25N5O3S/c1-13-15(12-22(2)20-13)16-11-17(23(3)27(25,26)21-16)18(24)19-10-9-14-7-5-4-6-8-14/h4-8,12,16-17,21H,9-11H2,1-3H3,(H,19,24)/t16-,17+/m1/s1. The van der Waals surface area contributed by atoms with E-state index in [9.17, 15) is 13.2 Å². The van der Waals surface area contributed by atoms with Gasteiger partial charge in [-0.15, -0.1) is 0 Å². The monoisotopic (exact) mass is 391 g/mol. The summed E-state index contributed by atoms with van der Waals surface area (Å²) >= 11 is 0. The van der Waals surface area contributed by atoms with E-state index >= 15 is 0 Å². The molecule has 1 aromatic carbocycles. The van der Waals surface area contributed by atoms with E-state index in [0.717, 1.165) is 21.1 Å². The highest BCUT2D eigenvalue weighted by Crippen LogP contribution is 2.29. The molecule has 1 aliphatic heterocycles. The summed E-state index contributed by atoms with van der Waals surface area (Å²) in [4.78, 5) is 12.7. The molecule has 0 bridgehead atoms. The lowest BCUT2D eigenvalue weighted by atomic mass is 10.00. The third-order valence-corrected chi connectivity index (χ3v) is 6.45. The molecule has 0 aliphatic carbocycles. The summed E-state index contributed by atoms with van der Waals surface area (Å²) in [7, 11) is -0.540. The number of aromatic nitrogens is 2. The zero-order valence-electron chi connectivity index (χ0n) is 15.7. The predicted octanol–water partition coefficient (Wildman–Crippen LogP) is 0.667. The highest BCUT2D eigenvalue weighted by Gasteiger charge is 2.41. The largest absolute Gasteiger partial charge is 0.354 e. The molecule has 2 heterocycles. The molecule has 0 unspecified atom stereocenters. The van der Waals surface area contributed by atoms with E-state index in [2.05, 4.69) is 15.1 Å². The molecule has 2 N–H and O–H groups in total. The number of rotatable bonds is 5. The average Bonchev–Trinajstić information content (AvgIpc) is 2.96. The summed E-state index contributed by atoms with van der Waals surface area (Å²) < 4.78 is 30.4. The minimum absolute atomic E-state index is 0.287. The maximum atomic E-state index is 12.7. The van der Waals surface area contributed by atoms with Gasteiger partial charge in [0.05, 0.1) is 11.7 Å². The zero-order valence-corrected chi connectivity index (χ0v) is 16.5. The molecule has 1 saturated heterocycles. The SMILES string of the molecule is Cc1nn(C)cc1[C@H]1C[C@@H](C(=O)NCCc2ccccc2)N(C)S(=O)(=O)N1. The number of hydrogen-bond acceptors (Lipinski definition) is 4. The fourth-order valence-electron chi connectivity index (χ4n) is 3.37. The van der Waals surface area contributed by atoms with Crippen molar-refractivity contribution in [1.29, 1.82) is 0 Å². The summed E-state index contributed by atoms with van der Waals surface area (Å²) in [6, 6.07) is 8.58. The Hall–Kier alpha value is -2.23. The molecule has 1 amide bonds. The first-order valence-electron chi connectivity index (χ1n) is 8.85. The van der Waals surface area contributed by atoms with Gasteiger partial charge in [0.15, 0.2) is 0 Å². The molecule has 27 heavy (non-hydrogen) atoms. The van der Waals surface area contributed by atoms with Crippen LogP contribution in [0.1, 0.15) is 29.3 Å². The van der Waals surface area contributed by atoms with Crippen LogP contribution in [0.25, 0.3) is 0 Å². The first-order valence-corrected chi connectivity index (χ1v) is 10.3. The number of nitrogens with one attached hydrogen (secondary N) is 2. The van der Waals surface area contributed by atoms with Gasteiger partial charge >= 0.3 is 0 Å². The topological polar surface area (TPSA) is 96.3 Å². The van der Waals surface area contributed by atoms with Gasteiger partial charge in [-0.3, -0.25) is 9.48 Å². The molecule has 9 heteroatoms. The van der Waals surface area contributed by atoms with Crippen LogP contribution in [-0.2, 0) is 28.5 Å². The fourth-order valence-corrected chi connectivity index (χ4v) is 4.63. The Morgan fingerprint density at radius 1 is 1.30 bits per heavy atom. The van der Waals surface area contributed by atoms with E-state index in [4.69, 9.17) is 0 Å². The Bertz CT molecular complexity index is 910. The molecule has 8 nitrogen and oxygen atoms in total. The Labute approximate surface area is 159 Å². The van der Waals surface area contributed by atoms with Crippen molar-refractivity contribution in [2.24, 2.45) is 7.05 Å². The minimum Gasteiger partial charge on any atom is -0.354 e. The second-order valence-corrected chi connectivity index (χ2v) is 8.58. The molecule has 1 aliphatic rings. The Balaban J connectivity index is 1.70. The number of benzene rings is 1. The molecule has 3 rings (SSSR count). The Morgan fingerprint density at radius 3 is 2.63 bits per heavy atom. The van der Waals surface area contributed by atoms with Gasteiger partial charge in [0.25, 0.3) is 10.2 Å². The molecule has 2 aromatic rings. The van der Waals surface area contributed by atoms with Gasteiger partial charge < -0.3 is 5.32 Å². The molecule has 1 aromatic heterocycles. The molecule has 2 atom stereocenters. The van der Waals surface area contributed by atoms with Crippen LogP contribution in [-0.4, -0.2) is 48.0 Å². The van der Waals surface area contributed by atoms with E-state index < -0.39 is 22.3 Å². The Morgan fingerprint density at radius 2 is 2.00 bits per heavy atom. The number of carbonyl (C=O) groups excluding carboxylic acids is 1. The van der Waals surface area contributed by atoms with Crippen LogP contribution in [0.3, 0.4) is 0 Å². The van der Waals surface area contributed by atoms with E-state index in [1.807, 2.05) is 37.3 Å². The number of amides is 1. The molecule has 0 radical (unpaired) electrons. The van der Waals surface area contributed by atoms with Gasteiger partial charge in [0, 0.05) is 32.4 Å². The zero-order chi connectivity index (χ0) is 19.6. The van der Waals surface area contributed by atoms with Gasteiger partial charge in [-0.25, -0.2) is 0 Å². The van der Waals surface area contributed by atoms with Crippen molar-refractivity contribution in [3.05, 3.63) is 53.3 Å². The Kier molecular flexibility index (Phi) is 5.64. The lowest BCUT2D eigenvalue weighted by Gasteiger charge is -2.36. The van der Waals surface area contributed by atoms with Crippen molar-refractivity contribution < 1.29 is 13.2 Å². The van der Waals surface area contributed by atoms with Gasteiger partial charge in [-0.1, -0.05) is 30.3 Å². The summed E-state index contributed by atoms with van der Waals surface area (Å²) in [6.07, 6.45) is 2.83. The molecule has 0 saturated carbocycles. The van der Waals surface area contributed by atoms with Crippen molar-refractivity contribution in [3.8, 4) is 0 Å². The highest BCUT2D eigenvalue weighted by atomic mass is 32.2. The third kappa shape index (κ3) is 4.37. The minimum atomic E-state index is -3.75. The molecule has 146 valence electrons. The normalized spacial score (nSPS) is 22.5. The van der Waals surface area contributed by atoms with Crippen LogP contribution in [0.5, 0.6) is 0 Å². The van der Waals surface area contributed by atoms with Crippen molar-refractivity contribution in [1.82, 2.24) is 24.1 Å². The second kappa shape index (κ2) is 7.79. The lowest BCUT2D eigenvalue weighted by molar-refractivity contribution is -0.125. The molecule has 1 fully saturated rings. The molecule has 0 spiro atoms. The smallest absolute Gasteiger partial charge is 0.280 e. The summed E-state index contributed by atoms with van der Waals surface area (Å²) in [5.41, 5.74) is 2.65. The van der Waals surface area contributed by atoms with Crippen LogP contribution in [0, 0.1) is 6.92 Å². The third-order valence-electron chi connectivity index (χ3n) is 4.85. The number of carbonyl (C=O) groups is 1. The molecular weight excluding hydrogens is 366 g/mol. The van der Waals surface area contributed by atoms with E-state index in [0.29, 0.717) is 19.4 Å². The number of aryl methyl sites for hydroxylation is 2. The fraction of sp³-hybridized carbons (Fsp3) is 0.444. The van der Waals surface area contributed by atoms with Gasteiger partial charge in [-0.05, 0) is 25.3 Å². The van der Waals surface area contributed by atoms with E-state index in [1.54, 1.807) is 17.9 Å². The van der Waals surface area contributed by atoms with Crippen LogP contribution in [0.15, 0.2) is 36.5 Å².